The summed E-state index contributed by atoms with van der Waals surface area (Å²) in [6, 6.07) is 14.0. The fraction of sp³-hybridized carbons (Fsp3) is 0.409. The van der Waals surface area contributed by atoms with Gasteiger partial charge in [-0.3, -0.25) is 9.69 Å². The molecule has 3 rings (SSSR count). The number of piperazine rings is 1. The number of nitrogens with one attached hydrogen (secondary N) is 1. The van der Waals surface area contributed by atoms with E-state index in [1.807, 2.05) is 44.2 Å². The number of likely N-dealkylation sites (N-methyl/N-ethyl adjacent to an activating group) is 1. The van der Waals surface area contributed by atoms with Gasteiger partial charge < -0.3 is 15.0 Å². The van der Waals surface area contributed by atoms with E-state index in [4.69, 9.17) is 4.74 Å². The minimum Gasteiger partial charge on any atom is -0.483 e. The molecule has 5 nitrogen and oxygen atoms in total. The minimum absolute atomic E-state index is 0.00831. The van der Waals surface area contributed by atoms with Crippen molar-refractivity contribution in [1.82, 2.24) is 9.80 Å². The van der Waals surface area contributed by atoms with Gasteiger partial charge in [0.15, 0.2) is 6.61 Å². The number of rotatable bonds is 6. The average molecular weight is 367 g/mol. The number of anilines is 1. The molecule has 27 heavy (non-hydrogen) atoms. The zero-order chi connectivity index (χ0) is 19.2. The van der Waals surface area contributed by atoms with Crippen LogP contribution in [-0.4, -0.2) is 55.5 Å². The van der Waals surface area contributed by atoms with Gasteiger partial charge in [-0.1, -0.05) is 30.3 Å². The smallest absolute Gasteiger partial charge is 0.262 e. The molecule has 0 saturated carbocycles. The van der Waals surface area contributed by atoms with E-state index in [0.29, 0.717) is 0 Å². The second kappa shape index (κ2) is 9.02. The summed E-state index contributed by atoms with van der Waals surface area (Å²) in [7, 11) is 2.16. The maximum Gasteiger partial charge on any atom is 0.262 e. The molecule has 2 aromatic rings. The summed E-state index contributed by atoms with van der Waals surface area (Å²) in [5.74, 6) is 0.644. The lowest BCUT2D eigenvalue weighted by molar-refractivity contribution is -0.118. The Hall–Kier alpha value is -2.37. The number of amides is 1. The van der Waals surface area contributed by atoms with Crippen LogP contribution >= 0.6 is 0 Å². The minimum atomic E-state index is -0.144. The molecule has 2 aromatic carbocycles. The maximum atomic E-state index is 12.3. The number of ether oxygens (including phenoxy) is 1. The molecule has 1 saturated heterocycles. The second-order valence-corrected chi connectivity index (χ2v) is 7.34. The number of benzene rings is 2. The average Bonchev–Trinajstić information content (AvgIpc) is 2.63. The van der Waals surface area contributed by atoms with Gasteiger partial charge in [-0.05, 0) is 49.7 Å². The molecule has 0 aromatic heterocycles. The Labute approximate surface area is 161 Å². The van der Waals surface area contributed by atoms with Gasteiger partial charge in [-0.2, -0.15) is 0 Å². The van der Waals surface area contributed by atoms with Gasteiger partial charge in [-0.25, -0.2) is 0 Å². The monoisotopic (exact) mass is 367 g/mol. The molecule has 1 fully saturated rings. The molecule has 1 amide bonds. The Morgan fingerprint density at radius 2 is 1.70 bits per heavy atom. The Bertz CT molecular complexity index is 763. The third-order valence-electron chi connectivity index (χ3n) is 4.97. The van der Waals surface area contributed by atoms with E-state index in [9.17, 15) is 4.79 Å². The van der Waals surface area contributed by atoms with E-state index in [1.54, 1.807) is 0 Å². The Kier molecular flexibility index (Phi) is 6.48. The van der Waals surface area contributed by atoms with Crippen LogP contribution in [0.3, 0.4) is 0 Å². The van der Waals surface area contributed by atoms with Crippen LogP contribution in [-0.2, 0) is 11.3 Å². The Morgan fingerprint density at radius 1 is 1.04 bits per heavy atom. The molecule has 1 N–H and O–H groups in total. The lowest BCUT2D eigenvalue weighted by atomic mass is 10.1. The first-order valence-electron chi connectivity index (χ1n) is 9.50. The van der Waals surface area contributed by atoms with E-state index in [2.05, 4.69) is 34.3 Å². The summed E-state index contributed by atoms with van der Waals surface area (Å²) in [6.45, 7) is 9.26. The van der Waals surface area contributed by atoms with Crippen molar-refractivity contribution >= 4 is 11.6 Å². The first-order valence-corrected chi connectivity index (χ1v) is 9.50. The molecule has 144 valence electrons. The van der Waals surface area contributed by atoms with Crippen molar-refractivity contribution in [1.29, 1.82) is 0 Å². The SMILES string of the molecule is Cc1cccc(C)c1OCC(=O)Nc1cccc(CN2CCN(C)CC2)c1. The Balaban J connectivity index is 1.53. The summed E-state index contributed by atoms with van der Waals surface area (Å²) >= 11 is 0. The van der Waals surface area contributed by atoms with E-state index >= 15 is 0 Å². The van der Waals surface area contributed by atoms with Crippen LogP contribution in [0.5, 0.6) is 5.75 Å². The van der Waals surface area contributed by atoms with Gasteiger partial charge in [0.1, 0.15) is 5.75 Å². The normalized spacial score (nSPS) is 15.5. The van der Waals surface area contributed by atoms with E-state index in [0.717, 1.165) is 55.3 Å². The quantitative estimate of drug-likeness (QED) is 0.852. The highest BCUT2D eigenvalue weighted by molar-refractivity contribution is 5.92. The Morgan fingerprint density at radius 3 is 2.41 bits per heavy atom. The topological polar surface area (TPSA) is 44.8 Å². The summed E-state index contributed by atoms with van der Waals surface area (Å²) < 4.78 is 5.74. The third kappa shape index (κ3) is 5.55. The molecule has 0 unspecified atom stereocenters. The van der Waals surface area contributed by atoms with Crippen molar-refractivity contribution in [2.24, 2.45) is 0 Å². The number of para-hydroxylation sites is 1. The van der Waals surface area contributed by atoms with Gasteiger partial charge >= 0.3 is 0 Å². The predicted octanol–water partition coefficient (Wildman–Crippen LogP) is 3.07. The molecule has 1 aliphatic heterocycles. The zero-order valence-corrected chi connectivity index (χ0v) is 16.5. The molecule has 0 radical (unpaired) electrons. The first kappa shape index (κ1) is 19.4. The van der Waals surface area contributed by atoms with Crippen LogP contribution in [0.1, 0.15) is 16.7 Å². The molecule has 1 heterocycles. The standard InChI is InChI=1S/C22H29N3O2/c1-17-6-4-7-18(2)22(17)27-16-21(26)23-20-9-5-8-19(14-20)15-25-12-10-24(3)11-13-25/h4-9,14H,10-13,15-16H2,1-3H3,(H,23,26). The summed E-state index contributed by atoms with van der Waals surface area (Å²) in [4.78, 5) is 17.1. The molecule has 1 aliphatic rings. The van der Waals surface area contributed by atoms with Crippen molar-refractivity contribution in [3.63, 3.8) is 0 Å². The number of nitrogens with zero attached hydrogens (tertiary/aromatic N) is 2. The number of carbonyl (C=O) groups excluding carboxylic acids is 1. The van der Waals surface area contributed by atoms with Crippen LogP contribution in [0.4, 0.5) is 5.69 Å². The van der Waals surface area contributed by atoms with E-state index in [-0.39, 0.29) is 12.5 Å². The van der Waals surface area contributed by atoms with Gasteiger partial charge in [0.05, 0.1) is 0 Å². The summed E-state index contributed by atoms with van der Waals surface area (Å²) in [6.07, 6.45) is 0. The molecule has 5 heteroatoms. The molecule has 0 spiro atoms. The number of hydrogen-bond acceptors (Lipinski definition) is 4. The highest BCUT2D eigenvalue weighted by Gasteiger charge is 2.14. The van der Waals surface area contributed by atoms with Gasteiger partial charge in [-0.15, -0.1) is 0 Å². The number of carbonyl (C=O) groups is 1. The third-order valence-corrected chi connectivity index (χ3v) is 4.97. The van der Waals surface area contributed by atoms with Crippen molar-refractivity contribution in [3.05, 3.63) is 59.2 Å². The highest BCUT2D eigenvalue weighted by atomic mass is 16.5. The lowest BCUT2D eigenvalue weighted by Gasteiger charge is -2.32. The van der Waals surface area contributed by atoms with Gasteiger partial charge in [0, 0.05) is 38.4 Å². The molecular weight excluding hydrogens is 338 g/mol. The number of hydrogen-bond donors (Lipinski definition) is 1. The summed E-state index contributed by atoms with van der Waals surface area (Å²) in [5, 5.41) is 2.95. The fourth-order valence-corrected chi connectivity index (χ4v) is 3.37. The van der Waals surface area contributed by atoms with Gasteiger partial charge in [0.25, 0.3) is 5.91 Å². The van der Waals surface area contributed by atoms with Crippen LogP contribution in [0, 0.1) is 13.8 Å². The largest absolute Gasteiger partial charge is 0.483 e. The van der Waals surface area contributed by atoms with Crippen LogP contribution in [0.25, 0.3) is 0 Å². The molecule has 0 bridgehead atoms. The van der Waals surface area contributed by atoms with Gasteiger partial charge in [0.2, 0.25) is 0 Å². The van der Waals surface area contributed by atoms with Crippen molar-refractivity contribution in [3.8, 4) is 5.75 Å². The molecule has 0 aliphatic carbocycles. The maximum absolute atomic E-state index is 12.3. The fourth-order valence-electron chi connectivity index (χ4n) is 3.37. The van der Waals surface area contributed by atoms with Crippen LogP contribution < -0.4 is 10.1 Å². The first-order chi connectivity index (χ1) is 13.0. The van der Waals surface area contributed by atoms with E-state index in [1.165, 1.54) is 5.56 Å². The highest BCUT2D eigenvalue weighted by Crippen LogP contribution is 2.22. The van der Waals surface area contributed by atoms with E-state index < -0.39 is 0 Å². The predicted molar refractivity (Wildman–Crippen MR) is 109 cm³/mol. The molecule has 0 atom stereocenters. The zero-order valence-electron chi connectivity index (χ0n) is 16.5. The van der Waals surface area contributed by atoms with Crippen LogP contribution in [0.2, 0.25) is 0 Å². The lowest BCUT2D eigenvalue weighted by Crippen LogP contribution is -2.43. The summed E-state index contributed by atoms with van der Waals surface area (Å²) in [5.41, 5.74) is 4.11. The van der Waals surface area contributed by atoms with Crippen molar-refractivity contribution < 1.29 is 9.53 Å². The van der Waals surface area contributed by atoms with Crippen molar-refractivity contribution in [2.75, 3.05) is 45.2 Å². The van der Waals surface area contributed by atoms with Crippen molar-refractivity contribution in [2.45, 2.75) is 20.4 Å². The van der Waals surface area contributed by atoms with Crippen LogP contribution in [0.15, 0.2) is 42.5 Å². The molecular formula is C22H29N3O2. The number of aryl methyl sites for hydroxylation is 2. The second-order valence-electron chi connectivity index (χ2n) is 7.34.